The van der Waals surface area contributed by atoms with Gasteiger partial charge in [0.05, 0.1) is 13.2 Å². The lowest BCUT2D eigenvalue weighted by atomic mass is 9.77. The lowest BCUT2D eigenvalue weighted by molar-refractivity contribution is -0.173. The summed E-state index contributed by atoms with van der Waals surface area (Å²) in [5, 5.41) is 0. The molecule has 21 heavy (non-hydrogen) atoms. The number of hydrogen-bond donors (Lipinski definition) is 0. The van der Waals surface area contributed by atoms with E-state index in [9.17, 15) is 14.4 Å². The van der Waals surface area contributed by atoms with E-state index in [4.69, 9.17) is 0 Å². The molecule has 0 unspecified atom stereocenters. The molecule has 2 heterocycles. The minimum atomic E-state index is -0.554. The van der Waals surface area contributed by atoms with E-state index in [0.717, 1.165) is 56.4 Å². The van der Waals surface area contributed by atoms with Crippen LogP contribution in [0.25, 0.3) is 0 Å². The molecule has 0 bridgehead atoms. The van der Waals surface area contributed by atoms with E-state index in [-0.39, 0.29) is 24.4 Å². The Balaban J connectivity index is 1.93. The number of piperazine rings is 1. The quantitative estimate of drug-likeness (QED) is 0.554. The molecule has 2 aliphatic heterocycles. The van der Waals surface area contributed by atoms with Crippen molar-refractivity contribution in [3.63, 3.8) is 0 Å². The lowest BCUT2D eigenvalue weighted by Gasteiger charge is -2.51. The van der Waals surface area contributed by atoms with E-state index in [0.29, 0.717) is 0 Å². The van der Waals surface area contributed by atoms with Crippen LogP contribution in [0.1, 0.15) is 44.9 Å². The van der Waals surface area contributed by atoms with E-state index >= 15 is 0 Å². The summed E-state index contributed by atoms with van der Waals surface area (Å²) in [5.41, 5.74) is -0.554. The van der Waals surface area contributed by atoms with Crippen molar-refractivity contribution in [1.82, 2.24) is 9.80 Å². The van der Waals surface area contributed by atoms with Gasteiger partial charge in [-0.15, -0.1) is 0 Å². The van der Waals surface area contributed by atoms with E-state index in [1.807, 2.05) is 0 Å². The normalized spacial score (nSPS) is 28.8. The van der Waals surface area contributed by atoms with Crippen molar-refractivity contribution < 1.29 is 19.1 Å². The van der Waals surface area contributed by atoms with Crippen LogP contribution in [0.5, 0.6) is 0 Å². The van der Waals surface area contributed by atoms with Crippen LogP contribution in [0.2, 0.25) is 0 Å². The molecule has 2 saturated heterocycles. The first kappa shape index (κ1) is 14.5. The number of carbonyl (C=O) groups excluding carboxylic acids is 3. The van der Waals surface area contributed by atoms with Gasteiger partial charge < -0.3 is 4.74 Å². The highest BCUT2D eigenvalue weighted by Crippen LogP contribution is 2.43. The molecule has 1 saturated carbocycles. The summed E-state index contributed by atoms with van der Waals surface area (Å²) >= 11 is 0. The van der Waals surface area contributed by atoms with Gasteiger partial charge in [-0.1, -0.05) is 19.3 Å². The first-order chi connectivity index (χ1) is 10.1. The number of fused-ring (bicyclic) bond motifs is 2. The van der Waals surface area contributed by atoms with Crippen LogP contribution in [-0.2, 0) is 19.1 Å². The van der Waals surface area contributed by atoms with Crippen molar-refractivity contribution in [3.05, 3.63) is 0 Å². The number of imide groups is 1. The van der Waals surface area contributed by atoms with E-state index in [1.54, 1.807) is 0 Å². The first-order valence-electron chi connectivity index (χ1n) is 7.79. The highest BCUT2D eigenvalue weighted by atomic mass is 16.5. The number of methoxy groups -OCH3 is 1. The van der Waals surface area contributed by atoms with Crippen LogP contribution in [0.4, 0.5) is 0 Å². The second-order valence-corrected chi connectivity index (χ2v) is 6.25. The minimum absolute atomic E-state index is 0.184. The highest BCUT2D eigenvalue weighted by Gasteiger charge is 2.57. The van der Waals surface area contributed by atoms with Gasteiger partial charge in [-0.25, -0.2) is 0 Å². The fourth-order valence-corrected chi connectivity index (χ4v) is 4.17. The molecule has 3 aliphatic rings. The Morgan fingerprint density at radius 3 is 2.62 bits per heavy atom. The fraction of sp³-hybridized carbons (Fsp3) is 0.800. The average molecular weight is 294 g/mol. The number of esters is 1. The minimum Gasteiger partial charge on any atom is -0.468 e. The molecule has 0 aromatic heterocycles. The number of rotatable bonds is 2. The molecule has 116 valence electrons. The molecule has 1 atom stereocenters. The van der Waals surface area contributed by atoms with Crippen LogP contribution in [0.3, 0.4) is 0 Å². The Morgan fingerprint density at radius 1 is 1.24 bits per heavy atom. The third-order valence-electron chi connectivity index (χ3n) is 5.19. The van der Waals surface area contributed by atoms with E-state index in [1.165, 1.54) is 7.11 Å². The molecule has 2 amide bonds. The molecule has 0 N–H and O–H groups in total. The van der Waals surface area contributed by atoms with Gasteiger partial charge in [0.25, 0.3) is 0 Å². The summed E-state index contributed by atoms with van der Waals surface area (Å²) in [6.45, 7) is 0.564. The monoisotopic (exact) mass is 294 g/mol. The van der Waals surface area contributed by atoms with Gasteiger partial charge in [0, 0.05) is 6.54 Å². The van der Waals surface area contributed by atoms with Crippen molar-refractivity contribution in [2.24, 2.45) is 0 Å². The largest absolute Gasteiger partial charge is 0.468 e. The third kappa shape index (κ3) is 2.16. The molecule has 6 nitrogen and oxygen atoms in total. The predicted molar refractivity (Wildman–Crippen MR) is 74.3 cm³/mol. The molecule has 6 heteroatoms. The average Bonchev–Trinajstić information content (AvgIpc) is 3.01. The summed E-state index contributed by atoms with van der Waals surface area (Å²) in [6, 6.07) is -0.231. The Morgan fingerprint density at radius 2 is 1.95 bits per heavy atom. The number of ether oxygens (including phenoxy) is 1. The zero-order valence-corrected chi connectivity index (χ0v) is 12.5. The van der Waals surface area contributed by atoms with Gasteiger partial charge in [-0.05, 0) is 25.7 Å². The van der Waals surface area contributed by atoms with Gasteiger partial charge in [0.15, 0.2) is 0 Å². The zero-order chi connectivity index (χ0) is 15.0. The van der Waals surface area contributed by atoms with Gasteiger partial charge in [-0.2, -0.15) is 0 Å². The van der Waals surface area contributed by atoms with Crippen molar-refractivity contribution >= 4 is 17.8 Å². The van der Waals surface area contributed by atoms with Crippen LogP contribution in [0.15, 0.2) is 0 Å². The maximum Gasteiger partial charge on any atom is 0.325 e. The van der Waals surface area contributed by atoms with Crippen molar-refractivity contribution in [1.29, 1.82) is 0 Å². The number of carbonyl (C=O) groups is 3. The van der Waals surface area contributed by atoms with Crippen LogP contribution in [-0.4, -0.2) is 59.4 Å². The molecule has 3 rings (SSSR count). The molecule has 0 radical (unpaired) electrons. The third-order valence-corrected chi connectivity index (χ3v) is 5.19. The van der Waals surface area contributed by atoms with Gasteiger partial charge in [0.2, 0.25) is 11.8 Å². The smallest absolute Gasteiger partial charge is 0.325 e. The molecule has 0 aromatic carbocycles. The standard InChI is InChI=1S/C15H22N2O4/c1-21-12(18)10-16-13(19)11-6-5-9-17(11)15(14(16)20)7-3-2-4-8-15/h11H,2-10H2,1H3/t11-/m0/s1. The predicted octanol–water partition coefficient (Wildman–Crippen LogP) is 0.695. The molecule has 1 spiro atoms. The highest BCUT2D eigenvalue weighted by molar-refractivity contribution is 6.07. The summed E-state index contributed by atoms with van der Waals surface area (Å²) in [7, 11) is 1.28. The van der Waals surface area contributed by atoms with Gasteiger partial charge >= 0.3 is 5.97 Å². The maximum atomic E-state index is 13.0. The van der Waals surface area contributed by atoms with Gasteiger partial charge in [0.1, 0.15) is 12.1 Å². The number of nitrogens with zero attached hydrogens (tertiary/aromatic N) is 2. The molecular formula is C15H22N2O4. The summed E-state index contributed by atoms with van der Waals surface area (Å²) in [5.74, 6) is -0.941. The number of hydrogen-bond acceptors (Lipinski definition) is 5. The molecule has 1 aliphatic carbocycles. The van der Waals surface area contributed by atoms with Crippen molar-refractivity contribution in [2.75, 3.05) is 20.2 Å². The van der Waals surface area contributed by atoms with Gasteiger partial charge in [-0.3, -0.25) is 24.2 Å². The Labute approximate surface area is 124 Å². The number of amides is 2. The first-order valence-corrected chi connectivity index (χ1v) is 7.79. The Hall–Kier alpha value is -1.43. The molecule has 3 fully saturated rings. The van der Waals surface area contributed by atoms with Crippen molar-refractivity contribution in [2.45, 2.75) is 56.5 Å². The molecular weight excluding hydrogens is 272 g/mol. The molecule has 0 aromatic rings. The second-order valence-electron chi connectivity index (χ2n) is 6.25. The zero-order valence-electron chi connectivity index (χ0n) is 12.5. The van der Waals surface area contributed by atoms with E-state index in [2.05, 4.69) is 9.64 Å². The topological polar surface area (TPSA) is 66.9 Å². The van der Waals surface area contributed by atoms with Crippen LogP contribution < -0.4 is 0 Å². The van der Waals surface area contributed by atoms with Crippen molar-refractivity contribution in [3.8, 4) is 0 Å². The summed E-state index contributed by atoms with van der Waals surface area (Å²) in [4.78, 5) is 40.4. The SMILES string of the molecule is COC(=O)CN1C(=O)[C@@H]2CCCN2C2(CCCCC2)C1=O. The summed E-state index contributed by atoms with van der Waals surface area (Å²) < 4.78 is 4.64. The maximum absolute atomic E-state index is 13.0. The Kier molecular flexibility index (Phi) is 3.73. The fourth-order valence-electron chi connectivity index (χ4n) is 4.17. The van der Waals surface area contributed by atoms with Crippen LogP contribution >= 0.6 is 0 Å². The second kappa shape index (κ2) is 5.40. The summed E-state index contributed by atoms with van der Waals surface area (Å²) in [6.07, 6.45) is 6.48. The van der Waals surface area contributed by atoms with E-state index < -0.39 is 11.5 Å². The lowest BCUT2D eigenvalue weighted by Crippen LogP contribution is -2.71. The Bertz CT molecular complexity index is 470. The van der Waals surface area contributed by atoms with Crippen LogP contribution in [0, 0.1) is 0 Å².